The molecule has 0 aliphatic carbocycles. The molecule has 7 rings (SSSR count). The topological polar surface area (TPSA) is 97.8 Å². The van der Waals surface area contributed by atoms with Crippen molar-refractivity contribution in [1.29, 1.82) is 5.41 Å². The van der Waals surface area contributed by atoms with Gasteiger partial charge in [-0.15, -0.1) is 0 Å². The Bertz CT molecular complexity index is 2070. The molecule has 0 fully saturated rings. The molecule has 0 saturated carbocycles. The summed E-state index contributed by atoms with van der Waals surface area (Å²) in [7, 11) is 0. The Morgan fingerprint density at radius 2 is 1.30 bits per heavy atom. The number of hydrogen-bond acceptors (Lipinski definition) is 3. The fraction of sp³-hybridized carbons (Fsp3) is 0.0294. The third-order valence-electron chi connectivity index (χ3n) is 7.49. The lowest BCUT2D eigenvalue weighted by molar-refractivity contribution is 1.14. The van der Waals surface area contributed by atoms with Crippen LogP contribution in [0.25, 0.3) is 44.1 Å². The molecule has 0 aliphatic rings. The van der Waals surface area contributed by atoms with Gasteiger partial charge in [0.1, 0.15) is 11.7 Å². The van der Waals surface area contributed by atoms with Gasteiger partial charge in [-0.2, -0.15) is 0 Å². The van der Waals surface area contributed by atoms with Gasteiger partial charge in [0.25, 0.3) is 0 Å². The number of nitrogens with zero attached hydrogens (tertiary/aromatic N) is 2. The van der Waals surface area contributed by atoms with Crippen LogP contribution < -0.4 is 16.8 Å². The number of nitrogens with two attached hydrogens (primary N) is 2. The Hall–Kier alpha value is -5.49. The van der Waals surface area contributed by atoms with Crippen molar-refractivity contribution in [3.63, 3.8) is 0 Å². The van der Waals surface area contributed by atoms with E-state index in [0.29, 0.717) is 11.4 Å². The minimum Gasteiger partial charge on any atom is -0.384 e. The normalized spacial score (nSPS) is 11.4. The molecule has 194 valence electrons. The van der Waals surface area contributed by atoms with Gasteiger partial charge in [0.2, 0.25) is 0 Å². The number of nitrogen functional groups attached to an aromatic ring is 2. The molecule has 0 bridgehead atoms. The molecule has 0 radical (unpaired) electrons. The third-order valence-corrected chi connectivity index (χ3v) is 7.49. The van der Waals surface area contributed by atoms with Crippen molar-refractivity contribution in [2.24, 2.45) is 5.73 Å². The van der Waals surface area contributed by atoms with E-state index in [9.17, 15) is 0 Å². The highest BCUT2D eigenvalue weighted by Gasteiger charge is 2.21. The van der Waals surface area contributed by atoms with Crippen molar-refractivity contribution < 1.29 is 0 Å². The maximum Gasteiger partial charge on any atom is 0.133 e. The Morgan fingerprint density at radius 1 is 0.650 bits per heavy atom. The van der Waals surface area contributed by atoms with E-state index < -0.39 is 0 Å². The highest BCUT2D eigenvalue weighted by Crippen LogP contribution is 2.42. The van der Waals surface area contributed by atoms with Crippen LogP contribution in [0.1, 0.15) is 11.1 Å². The number of aromatic nitrogens is 2. The zero-order valence-corrected chi connectivity index (χ0v) is 22.0. The van der Waals surface area contributed by atoms with Crippen LogP contribution in [0.15, 0.2) is 115 Å². The molecule has 2 aromatic heterocycles. The lowest BCUT2D eigenvalue weighted by Gasteiger charge is -2.12. The van der Waals surface area contributed by atoms with Gasteiger partial charge in [0, 0.05) is 38.8 Å². The van der Waals surface area contributed by atoms with Gasteiger partial charge in [-0.05, 0) is 73.2 Å². The summed E-state index contributed by atoms with van der Waals surface area (Å²) in [6, 6.07) is 39.3. The first-order chi connectivity index (χ1) is 19.5. The van der Waals surface area contributed by atoms with Crippen molar-refractivity contribution in [3.05, 3.63) is 126 Å². The predicted octanol–water partition coefficient (Wildman–Crippen LogP) is 7.65. The number of nitrogens with one attached hydrogen (secondary N) is 2. The lowest BCUT2D eigenvalue weighted by Crippen LogP contribution is -2.12. The van der Waals surface area contributed by atoms with Gasteiger partial charge in [0.15, 0.2) is 0 Å². The van der Waals surface area contributed by atoms with E-state index in [1.807, 2.05) is 67.6 Å². The van der Waals surface area contributed by atoms with Gasteiger partial charge < -0.3 is 21.4 Å². The smallest absolute Gasteiger partial charge is 0.133 e. The molecular formula is C34H28N6. The number of fused-ring (bicyclic) bond motifs is 4. The Kier molecular flexibility index (Phi) is 5.35. The number of anilines is 3. The number of aryl methyl sites for hydroxylation is 1. The largest absolute Gasteiger partial charge is 0.384 e. The summed E-state index contributed by atoms with van der Waals surface area (Å²) in [5.74, 6) is 0.693. The summed E-state index contributed by atoms with van der Waals surface area (Å²) in [6.45, 7) is 2.03. The number of para-hydroxylation sites is 3. The van der Waals surface area contributed by atoms with Gasteiger partial charge in [-0.1, -0.05) is 54.6 Å². The summed E-state index contributed by atoms with van der Waals surface area (Å²) in [4.78, 5) is 0. The second-order valence-corrected chi connectivity index (χ2v) is 10.1. The lowest BCUT2D eigenvalue weighted by atomic mass is 10.1. The molecule has 5 aromatic carbocycles. The SMILES string of the molecule is Cc1cc(C(=N)N)cc(-n2c3ccccc3c3cc4c(cc32)c(Nc2ccccc2)c(N)n4-c2ccccc2)c1. The first kappa shape index (κ1) is 23.6. The minimum absolute atomic E-state index is 0.0511. The zero-order chi connectivity index (χ0) is 27.4. The monoisotopic (exact) mass is 520 g/mol. The van der Waals surface area contributed by atoms with Crippen LogP contribution in [0, 0.1) is 12.3 Å². The number of rotatable bonds is 5. The van der Waals surface area contributed by atoms with E-state index in [0.717, 1.165) is 61.0 Å². The fourth-order valence-corrected chi connectivity index (χ4v) is 5.75. The zero-order valence-electron chi connectivity index (χ0n) is 22.0. The second-order valence-electron chi connectivity index (χ2n) is 10.1. The fourth-order valence-electron chi connectivity index (χ4n) is 5.75. The van der Waals surface area contributed by atoms with Crippen LogP contribution in [0.2, 0.25) is 0 Å². The highest BCUT2D eigenvalue weighted by atomic mass is 15.1. The van der Waals surface area contributed by atoms with Crippen LogP contribution >= 0.6 is 0 Å². The van der Waals surface area contributed by atoms with E-state index in [2.05, 4.69) is 69.0 Å². The summed E-state index contributed by atoms with van der Waals surface area (Å²) >= 11 is 0. The van der Waals surface area contributed by atoms with Crippen molar-refractivity contribution in [2.75, 3.05) is 11.1 Å². The summed E-state index contributed by atoms with van der Waals surface area (Å²) in [5.41, 5.74) is 21.5. The van der Waals surface area contributed by atoms with Crippen molar-refractivity contribution in [3.8, 4) is 11.4 Å². The van der Waals surface area contributed by atoms with E-state index >= 15 is 0 Å². The summed E-state index contributed by atoms with van der Waals surface area (Å²) < 4.78 is 4.37. The molecule has 0 unspecified atom stereocenters. The molecule has 0 atom stereocenters. The molecule has 2 heterocycles. The number of amidine groups is 1. The maximum atomic E-state index is 8.07. The molecule has 0 amide bonds. The Morgan fingerprint density at radius 3 is 2.05 bits per heavy atom. The number of benzene rings is 5. The van der Waals surface area contributed by atoms with Crippen LogP contribution in [0.5, 0.6) is 0 Å². The van der Waals surface area contributed by atoms with Crippen LogP contribution in [0.4, 0.5) is 17.2 Å². The average molecular weight is 521 g/mol. The third kappa shape index (κ3) is 3.69. The first-order valence-electron chi connectivity index (χ1n) is 13.2. The van der Waals surface area contributed by atoms with Crippen molar-refractivity contribution >= 4 is 55.7 Å². The van der Waals surface area contributed by atoms with Crippen molar-refractivity contribution in [2.45, 2.75) is 6.92 Å². The van der Waals surface area contributed by atoms with Crippen LogP contribution in [-0.4, -0.2) is 15.0 Å². The molecule has 0 aliphatic heterocycles. The molecule has 0 saturated heterocycles. The van der Waals surface area contributed by atoms with E-state index in [-0.39, 0.29) is 5.84 Å². The minimum atomic E-state index is 0.0511. The standard InChI is InChI=1S/C34H28N6/c1-21-16-22(33(35)36)18-25(17-21)39-29-15-9-8-14-26(29)27-19-31-28(20-30(27)39)32(38-23-10-4-2-5-11-23)34(37)40(31)24-12-6-3-7-13-24/h2-20,38H,37H2,1H3,(H3,35,36). The quantitative estimate of drug-likeness (QED) is 0.139. The predicted molar refractivity (Wildman–Crippen MR) is 168 cm³/mol. The van der Waals surface area contributed by atoms with E-state index in [4.69, 9.17) is 16.9 Å². The van der Waals surface area contributed by atoms with Gasteiger partial charge in [-0.25, -0.2) is 0 Å². The molecule has 6 heteroatoms. The summed E-state index contributed by atoms with van der Waals surface area (Å²) in [5, 5.41) is 14.9. The van der Waals surface area contributed by atoms with Gasteiger partial charge in [-0.3, -0.25) is 9.98 Å². The van der Waals surface area contributed by atoms with E-state index in [1.165, 1.54) is 0 Å². The second kappa shape index (κ2) is 9.06. The van der Waals surface area contributed by atoms with Gasteiger partial charge >= 0.3 is 0 Å². The molecule has 0 spiro atoms. The Labute approximate surface area is 231 Å². The average Bonchev–Trinajstić information content (AvgIpc) is 3.43. The maximum absolute atomic E-state index is 8.07. The molecule has 7 aromatic rings. The van der Waals surface area contributed by atoms with Crippen molar-refractivity contribution in [1.82, 2.24) is 9.13 Å². The summed E-state index contributed by atoms with van der Waals surface area (Å²) in [6.07, 6.45) is 0. The highest BCUT2D eigenvalue weighted by molar-refractivity contribution is 6.16. The van der Waals surface area contributed by atoms with E-state index in [1.54, 1.807) is 0 Å². The Balaban J connectivity index is 1.60. The molecule has 6 nitrogen and oxygen atoms in total. The molecule has 6 N–H and O–H groups in total. The molecule has 40 heavy (non-hydrogen) atoms. The molecular weight excluding hydrogens is 492 g/mol. The van der Waals surface area contributed by atoms with Gasteiger partial charge in [0.05, 0.1) is 22.2 Å². The number of hydrogen-bond donors (Lipinski definition) is 4. The van der Waals surface area contributed by atoms with Crippen LogP contribution in [0.3, 0.4) is 0 Å². The van der Waals surface area contributed by atoms with Crippen LogP contribution in [-0.2, 0) is 0 Å². The first-order valence-corrected chi connectivity index (χ1v) is 13.2.